The molecule has 0 rings (SSSR count). The minimum absolute atomic E-state index is 0.247. The van der Waals surface area contributed by atoms with Crippen LogP contribution in [0.25, 0.3) is 0 Å². The molecule has 0 aliphatic rings. The van der Waals surface area contributed by atoms with Crippen LogP contribution in [0.5, 0.6) is 0 Å². The lowest BCUT2D eigenvalue weighted by atomic mass is 9.90. The molecule has 0 aromatic carbocycles. The first-order valence-electron chi connectivity index (χ1n) is 7.60. The molecule has 4 nitrogen and oxygen atoms in total. The topological polar surface area (TPSA) is 74.6 Å². The molecule has 0 radical (unpaired) electrons. The molecule has 0 aliphatic heterocycles. The highest BCUT2D eigenvalue weighted by molar-refractivity contribution is 5.78. The second kappa shape index (κ2) is 11.5. The van der Waals surface area contributed by atoms with Crippen LogP contribution in [0.1, 0.15) is 65.2 Å². The third-order valence-electron chi connectivity index (χ3n) is 3.51. The van der Waals surface area contributed by atoms with E-state index >= 15 is 0 Å². The molecule has 4 heteroatoms. The molecule has 0 saturated carbocycles. The lowest BCUT2D eigenvalue weighted by Gasteiger charge is -2.14. The van der Waals surface area contributed by atoms with Gasteiger partial charge in [0.05, 0.1) is 12.3 Å². The largest absolute Gasteiger partial charge is 0.481 e. The molecule has 2 unspecified atom stereocenters. The Hall–Kier alpha value is -1.32. The van der Waals surface area contributed by atoms with Gasteiger partial charge in [-0.05, 0) is 18.8 Å². The Morgan fingerprint density at radius 2 is 1.65 bits per heavy atom. The number of carbonyl (C=O) groups is 2. The van der Waals surface area contributed by atoms with Gasteiger partial charge in [0.1, 0.15) is 0 Å². The average Bonchev–Trinajstić information content (AvgIpc) is 2.38. The van der Waals surface area contributed by atoms with Crippen LogP contribution in [0.4, 0.5) is 0 Å². The van der Waals surface area contributed by atoms with Gasteiger partial charge in [0.25, 0.3) is 0 Å². The molecule has 0 aliphatic carbocycles. The summed E-state index contributed by atoms with van der Waals surface area (Å²) in [5.74, 6) is -3.19. The van der Waals surface area contributed by atoms with Gasteiger partial charge in [0, 0.05) is 0 Å². The monoisotopic (exact) mass is 284 g/mol. The quantitative estimate of drug-likeness (QED) is 0.418. The van der Waals surface area contributed by atoms with E-state index < -0.39 is 17.9 Å². The number of hydrogen-bond acceptors (Lipinski definition) is 2. The third kappa shape index (κ3) is 9.59. The molecule has 0 heterocycles. The number of aliphatic carboxylic acids is 2. The van der Waals surface area contributed by atoms with Gasteiger partial charge in [-0.15, -0.1) is 0 Å². The van der Waals surface area contributed by atoms with Crippen molar-refractivity contribution in [2.24, 2.45) is 11.8 Å². The van der Waals surface area contributed by atoms with Gasteiger partial charge in [0.15, 0.2) is 0 Å². The SMILES string of the molecule is CCCCCCCCC=CC(C)C(CC(=O)O)C(=O)O. The van der Waals surface area contributed by atoms with Crippen LogP contribution >= 0.6 is 0 Å². The first kappa shape index (κ1) is 18.7. The van der Waals surface area contributed by atoms with Crippen molar-refractivity contribution in [2.45, 2.75) is 65.2 Å². The van der Waals surface area contributed by atoms with Crippen molar-refractivity contribution in [3.8, 4) is 0 Å². The lowest BCUT2D eigenvalue weighted by molar-refractivity contribution is -0.149. The number of hydrogen-bond donors (Lipinski definition) is 2. The predicted molar refractivity (Wildman–Crippen MR) is 79.7 cm³/mol. The molecule has 20 heavy (non-hydrogen) atoms. The fourth-order valence-electron chi connectivity index (χ4n) is 2.17. The Morgan fingerprint density at radius 3 is 2.20 bits per heavy atom. The molecule has 0 aromatic rings. The fourth-order valence-corrected chi connectivity index (χ4v) is 2.17. The van der Waals surface area contributed by atoms with E-state index in [1.54, 1.807) is 6.92 Å². The van der Waals surface area contributed by atoms with Gasteiger partial charge >= 0.3 is 11.9 Å². The summed E-state index contributed by atoms with van der Waals surface area (Å²) in [6, 6.07) is 0. The van der Waals surface area contributed by atoms with Gasteiger partial charge in [0.2, 0.25) is 0 Å². The number of carboxylic acid groups (broad SMARTS) is 2. The van der Waals surface area contributed by atoms with Crippen molar-refractivity contribution in [3.05, 3.63) is 12.2 Å². The van der Waals surface area contributed by atoms with Crippen LogP contribution in [0.3, 0.4) is 0 Å². The summed E-state index contributed by atoms with van der Waals surface area (Å²) in [6.45, 7) is 3.96. The maximum absolute atomic E-state index is 11.0. The van der Waals surface area contributed by atoms with Gasteiger partial charge < -0.3 is 10.2 Å². The maximum atomic E-state index is 11.0. The number of unbranched alkanes of at least 4 members (excludes halogenated alkanes) is 6. The van der Waals surface area contributed by atoms with E-state index in [9.17, 15) is 9.59 Å². The number of rotatable bonds is 12. The Bertz CT molecular complexity index is 310. The smallest absolute Gasteiger partial charge is 0.307 e. The average molecular weight is 284 g/mol. The zero-order chi connectivity index (χ0) is 15.4. The highest BCUT2D eigenvalue weighted by Gasteiger charge is 2.25. The van der Waals surface area contributed by atoms with Crippen molar-refractivity contribution in [1.82, 2.24) is 0 Å². The molecule has 116 valence electrons. The van der Waals surface area contributed by atoms with Gasteiger partial charge in [-0.3, -0.25) is 9.59 Å². The van der Waals surface area contributed by atoms with Crippen LogP contribution in [-0.4, -0.2) is 22.2 Å². The number of allylic oxidation sites excluding steroid dienone is 2. The zero-order valence-corrected chi connectivity index (χ0v) is 12.7. The molecule has 0 aromatic heterocycles. The van der Waals surface area contributed by atoms with E-state index in [1.165, 1.54) is 32.1 Å². The van der Waals surface area contributed by atoms with Crippen LogP contribution in [0.15, 0.2) is 12.2 Å². The maximum Gasteiger partial charge on any atom is 0.307 e. The molecule has 2 N–H and O–H groups in total. The molecule has 0 bridgehead atoms. The van der Waals surface area contributed by atoms with E-state index in [0.717, 1.165) is 12.8 Å². The van der Waals surface area contributed by atoms with Crippen LogP contribution in [0.2, 0.25) is 0 Å². The summed E-state index contributed by atoms with van der Waals surface area (Å²) in [7, 11) is 0. The Morgan fingerprint density at radius 1 is 1.05 bits per heavy atom. The van der Waals surface area contributed by atoms with E-state index in [-0.39, 0.29) is 12.3 Å². The summed E-state index contributed by atoms with van der Waals surface area (Å²) in [4.78, 5) is 21.6. The molecular formula is C16H28O4. The van der Waals surface area contributed by atoms with Crippen LogP contribution in [-0.2, 0) is 9.59 Å². The number of carboxylic acids is 2. The molecule has 2 atom stereocenters. The highest BCUT2D eigenvalue weighted by Crippen LogP contribution is 2.18. The predicted octanol–water partition coefficient (Wildman–Crippen LogP) is 4.10. The van der Waals surface area contributed by atoms with Crippen LogP contribution in [0, 0.1) is 11.8 Å². The Labute approximate surface area is 121 Å². The molecular weight excluding hydrogens is 256 g/mol. The van der Waals surface area contributed by atoms with Crippen LogP contribution < -0.4 is 0 Å². The van der Waals surface area contributed by atoms with Crippen molar-refractivity contribution in [2.75, 3.05) is 0 Å². The summed E-state index contributed by atoms with van der Waals surface area (Å²) in [5.41, 5.74) is 0. The second-order valence-corrected chi connectivity index (χ2v) is 5.39. The Balaban J connectivity index is 3.91. The van der Waals surface area contributed by atoms with E-state index in [0.29, 0.717) is 0 Å². The first-order valence-corrected chi connectivity index (χ1v) is 7.60. The third-order valence-corrected chi connectivity index (χ3v) is 3.51. The molecule has 0 fully saturated rings. The fraction of sp³-hybridized carbons (Fsp3) is 0.750. The minimum atomic E-state index is -1.06. The van der Waals surface area contributed by atoms with Crippen molar-refractivity contribution >= 4 is 11.9 Å². The Kier molecular flexibility index (Phi) is 10.7. The molecule has 0 spiro atoms. The summed E-state index contributed by atoms with van der Waals surface area (Å²) in [6.07, 6.45) is 11.9. The summed E-state index contributed by atoms with van der Waals surface area (Å²) >= 11 is 0. The van der Waals surface area contributed by atoms with E-state index in [1.807, 2.05) is 12.2 Å². The molecule has 0 amide bonds. The van der Waals surface area contributed by atoms with Crippen molar-refractivity contribution in [1.29, 1.82) is 0 Å². The van der Waals surface area contributed by atoms with Gasteiger partial charge in [-0.25, -0.2) is 0 Å². The summed E-state index contributed by atoms with van der Waals surface area (Å²) in [5, 5.41) is 17.7. The minimum Gasteiger partial charge on any atom is -0.481 e. The van der Waals surface area contributed by atoms with E-state index in [2.05, 4.69) is 6.92 Å². The lowest BCUT2D eigenvalue weighted by Crippen LogP contribution is -2.23. The van der Waals surface area contributed by atoms with E-state index in [4.69, 9.17) is 10.2 Å². The van der Waals surface area contributed by atoms with Crippen molar-refractivity contribution < 1.29 is 19.8 Å². The zero-order valence-electron chi connectivity index (χ0n) is 12.7. The first-order chi connectivity index (χ1) is 9.49. The highest BCUT2D eigenvalue weighted by atomic mass is 16.4. The standard InChI is InChI=1S/C16H28O4/c1-3-4-5-6-7-8-9-10-11-13(2)14(16(19)20)12-15(17)18/h10-11,13-14H,3-9,12H2,1-2H3,(H,17,18)(H,19,20). The van der Waals surface area contributed by atoms with Crippen molar-refractivity contribution in [3.63, 3.8) is 0 Å². The van der Waals surface area contributed by atoms with Gasteiger partial charge in [-0.2, -0.15) is 0 Å². The van der Waals surface area contributed by atoms with Gasteiger partial charge in [-0.1, -0.05) is 58.1 Å². The summed E-state index contributed by atoms with van der Waals surface area (Å²) < 4.78 is 0. The molecule has 0 saturated heterocycles. The second-order valence-electron chi connectivity index (χ2n) is 5.39. The normalized spacial score (nSPS) is 14.3.